The number of quaternary nitrogens is 1. The van der Waals surface area contributed by atoms with E-state index in [0.29, 0.717) is 0 Å². The lowest BCUT2D eigenvalue weighted by molar-refractivity contribution is 0.300. The van der Waals surface area contributed by atoms with Gasteiger partial charge in [0.15, 0.2) is 6.67 Å². The monoisotopic (exact) mass is 316 g/mol. The van der Waals surface area contributed by atoms with E-state index in [4.69, 9.17) is 0 Å². The molecule has 0 radical (unpaired) electrons. The van der Waals surface area contributed by atoms with E-state index in [0.717, 1.165) is 24.5 Å². The van der Waals surface area contributed by atoms with Crippen molar-refractivity contribution in [3.05, 3.63) is 91.0 Å². The zero-order chi connectivity index (χ0) is 16.2. The Bertz CT molecular complexity index is 732. The molecule has 1 heterocycles. The zero-order valence-electron chi connectivity index (χ0n) is 13.7. The fourth-order valence-electron chi connectivity index (χ4n) is 3.50. The first-order chi connectivity index (χ1) is 11.9. The van der Waals surface area contributed by atoms with Gasteiger partial charge in [0.25, 0.3) is 0 Å². The zero-order valence-corrected chi connectivity index (χ0v) is 13.7. The number of rotatable bonds is 3. The van der Waals surface area contributed by atoms with Gasteiger partial charge in [-0.15, -0.1) is 0 Å². The topological polar surface area (TPSA) is 15.3 Å². The van der Waals surface area contributed by atoms with Crippen LogP contribution in [0.1, 0.15) is 0 Å². The van der Waals surface area contributed by atoms with Crippen molar-refractivity contribution in [2.24, 2.45) is 0 Å². The Hall–Kier alpha value is -2.62. The van der Waals surface area contributed by atoms with Crippen molar-refractivity contribution in [1.29, 1.82) is 0 Å². The van der Waals surface area contributed by atoms with Crippen LogP contribution in [-0.2, 0) is 0 Å². The minimum Gasteiger partial charge on any atom is -0.311 e. The van der Waals surface area contributed by atoms with E-state index < -0.39 is 0 Å². The molecule has 1 saturated heterocycles. The maximum absolute atomic E-state index is 3.62. The van der Waals surface area contributed by atoms with Crippen LogP contribution in [0.25, 0.3) is 0 Å². The third-order valence-electron chi connectivity index (χ3n) is 4.72. The van der Waals surface area contributed by atoms with Gasteiger partial charge in [-0.1, -0.05) is 54.6 Å². The van der Waals surface area contributed by atoms with Crippen LogP contribution in [0.5, 0.6) is 0 Å². The van der Waals surface area contributed by atoms with Gasteiger partial charge in [-0.25, -0.2) is 4.48 Å². The lowest BCUT2D eigenvalue weighted by Gasteiger charge is -2.45. The Morgan fingerprint density at radius 3 is 1.71 bits per heavy atom. The second-order valence-corrected chi connectivity index (χ2v) is 6.22. The van der Waals surface area contributed by atoms with Gasteiger partial charge in [-0.3, -0.25) is 5.32 Å². The van der Waals surface area contributed by atoms with Gasteiger partial charge in [-0.2, -0.15) is 0 Å². The van der Waals surface area contributed by atoms with Crippen LogP contribution < -0.4 is 14.7 Å². The molecule has 0 amide bonds. The summed E-state index contributed by atoms with van der Waals surface area (Å²) in [5.74, 6) is 0. The first-order valence-corrected chi connectivity index (χ1v) is 8.37. The Morgan fingerprint density at radius 2 is 1.17 bits per heavy atom. The summed E-state index contributed by atoms with van der Waals surface area (Å²) >= 11 is 0. The Balaban J connectivity index is 1.79. The highest BCUT2D eigenvalue weighted by atomic mass is 15.5. The van der Waals surface area contributed by atoms with Crippen LogP contribution in [0.4, 0.5) is 17.1 Å². The van der Waals surface area contributed by atoms with Crippen LogP contribution in [0.15, 0.2) is 91.0 Å². The summed E-state index contributed by atoms with van der Waals surface area (Å²) in [6.45, 7) is 2.66. The summed E-state index contributed by atoms with van der Waals surface area (Å²) in [4.78, 5) is 2.41. The molecule has 3 aromatic rings. The normalized spacial score (nSPS) is 16.8. The average molecular weight is 316 g/mol. The number of nitrogens with one attached hydrogen (secondary N) is 1. The van der Waals surface area contributed by atoms with Crippen LogP contribution in [0, 0.1) is 0 Å². The molecule has 0 aromatic heterocycles. The highest BCUT2D eigenvalue weighted by molar-refractivity contribution is 5.60. The van der Waals surface area contributed by atoms with Gasteiger partial charge < -0.3 is 4.90 Å². The van der Waals surface area contributed by atoms with E-state index in [-0.39, 0.29) is 0 Å². The van der Waals surface area contributed by atoms with Gasteiger partial charge in [0, 0.05) is 5.69 Å². The molecule has 1 N–H and O–H groups in total. The minimum atomic E-state index is 0.774. The maximum atomic E-state index is 3.62. The Kier molecular flexibility index (Phi) is 4.03. The van der Waals surface area contributed by atoms with E-state index >= 15 is 0 Å². The van der Waals surface area contributed by atoms with E-state index in [9.17, 15) is 0 Å². The lowest BCUT2D eigenvalue weighted by atomic mass is 10.1. The van der Waals surface area contributed by atoms with Crippen molar-refractivity contribution in [3.8, 4) is 0 Å². The van der Waals surface area contributed by atoms with Crippen molar-refractivity contribution < 1.29 is 0 Å². The first kappa shape index (κ1) is 14.9. The summed E-state index contributed by atoms with van der Waals surface area (Å²) in [7, 11) is 0. The molecule has 1 aliphatic rings. The molecular formula is C21H22N3+. The number of para-hydroxylation sites is 3. The molecule has 0 atom stereocenters. The Labute approximate surface area is 143 Å². The SMILES string of the molecule is c1ccc(N2CNC[N+](c3ccccc3)(c3ccccc3)C2)cc1. The predicted molar refractivity (Wildman–Crippen MR) is 101 cm³/mol. The maximum Gasteiger partial charge on any atom is 0.166 e. The number of hydrogen-bond acceptors (Lipinski definition) is 2. The smallest absolute Gasteiger partial charge is 0.166 e. The molecule has 24 heavy (non-hydrogen) atoms. The summed E-state index contributed by atoms with van der Waals surface area (Å²) in [5.41, 5.74) is 3.85. The average Bonchev–Trinajstić information content (AvgIpc) is 2.70. The molecule has 3 aromatic carbocycles. The Morgan fingerprint density at radius 1 is 0.667 bits per heavy atom. The van der Waals surface area contributed by atoms with Crippen LogP contribution in [0.3, 0.4) is 0 Å². The third kappa shape index (κ3) is 2.68. The molecule has 0 unspecified atom stereocenters. The van der Waals surface area contributed by atoms with Crippen LogP contribution in [0.2, 0.25) is 0 Å². The summed E-state index contributed by atoms with van der Waals surface area (Å²) in [5, 5.41) is 3.62. The molecule has 4 rings (SSSR count). The summed E-state index contributed by atoms with van der Waals surface area (Å²) in [6, 6.07) is 32.2. The second-order valence-electron chi connectivity index (χ2n) is 6.22. The molecule has 0 aliphatic carbocycles. The van der Waals surface area contributed by atoms with Crippen LogP contribution >= 0.6 is 0 Å². The fraction of sp³-hybridized carbons (Fsp3) is 0.143. The minimum absolute atomic E-state index is 0.774. The highest BCUT2D eigenvalue weighted by Gasteiger charge is 2.38. The van der Waals surface area contributed by atoms with Crippen molar-refractivity contribution in [2.75, 3.05) is 24.9 Å². The summed E-state index contributed by atoms with van der Waals surface area (Å²) in [6.07, 6.45) is 0. The molecule has 3 heteroatoms. The van der Waals surface area contributed by atoms with Crippen molar-refractivity contribution in [1.82, 2.24) is 9.80 Å². The van der Waals surface area contributed by atoms with Gasteiger partial charge in [-0.05, 0) is 36.4 Å². The van der Waals surface area contributed by atoms with E-state index in [1.54, 1.807) is 0 Å². The van der Waals surface area contributed by atoms with Gasteiger partial charge in [0.2, 0.25) is 0 Å². The predicted octanol–water partition coefficient (Wildman–Crippen LogP) is 4.31. The van der Waals surface area contributed by atoms with E-state index in [1.165, 1.54) is 17.1 Å². The summed E-state index contributed by atoms with van der Waals surface area (Å²) < 4.78 is 0.774. The largest absolute Gasteiger partial charge is 0.311 e. The standard InChI is InChI=1S/C21H22N3/c1-4-10-19(11-5-1)23-16-22-17-24(18-23,20-12-6-2-7-13-20)21-14-8-3-9-15-21/h1-15,22H,16-18H2/q+1. The number of anilines is 1. The fourth-order valence-corrected chi connectivity index (χ4v) is 3.50. The molecule has 3 nitrogen and oxygen atoms in total. The molecule has 0 bridgehead atoms. The molecule has 0 spiro atoms. The number of hydrogen-bond donors (Lipinski definition) is 1. The third-order valence-corrected chi connectivity index (χ3v) is 4.72. The van der Waals surface area contributed by atoms with Gasteiger partial charge in [0.05, 0.1) is 6.67 Å². The van der Waals surface area contributed by atoms with Crippen molar-refractivity contribution in [3.63, 3.8) is 0 Å². The lowest BCUT2D eigenvalue weighted by Crippen LogP contribution is -2.63. The van der Waals surface area contributed by atoms with E-state index in [1.807, 2.05) is 0 Å². The van der Waals surface area contributed by atoms with Crippen LogP contribution in [-0.4, -0.2) is 20.0 Å². The van der Waals surface area contributed by atoms with E-state index in [2.05, 4.69) is 101 Å². The molecule has 120 valence electrons. The highest BCUT2D eigenvalue weighted by Crippen LogP contribution is 2.36. The molecular weight excluding hydrogens is 294 g/mol. The number of nitrogens with zero attached hydrogens (tertiary/aromatic N) is 2. The van der Waals surface area contributed by atoms with Crippen molar-refractivity contribution >= 4 is 17.1 Å². The molecule has 1 fully saturated rings. The van der Waals surface area contributed by atoms with Gasteiger partial charge in [0.1, 0.15) is 18.0 Å². The number of benzene rings is 3. The second kappa shape index (κ2) is 6.48. The quantitative estimate of drug-likeness (QED) is 0.724. The van der Waals surface area contributed by atoms with Gasteiger partial charge >= 0.3 is 0 Å². The first-order valence-electron chi connectivity index (χ1n) is 8.37. The molecule has 0 saturated carbocycles. The molecule has 1 aliphatic heterocycles. The van der Waals surface area contributed by atoms with Crippen molar-refractivity contribution in [2.45, 2.75) is 0 Å².